The summed E-state index contributed by atoms with van der Waals surface area (Å²) in [5, 5.41) is 17.0. The van der Waals surface area contributed by atoms with Gasteiger partial charge in [-0.05, 0) is 6.92 Å². The molecule has 0 heterocycles. The Hall–Kier alpha value is -0.850. The van der Waals surface area contributed by atoms with Crippen LogP contribution in [0.2, 0.25) is 0 Å². The van der Waals surface area contributed by atoms with Crippen molar-refractivity contribution in [3.63, 3.8) is 0 Å². The minimum Gasteiger partial charge on any atom is -0.420 e. The van der Waals surface area contributed by atoms with E-state index in [1.54, 1.807) is 0 Å². The van der Waals surface area contributed by atoms with Gasteiger partial charge in [-0.3, -0.25) is 4.90 Å². The van der Waals surface area contributed by atoms with Gasteiger partial charge < -0.3 is 19.7 Å². The molecule has 0 spiro atoms. The van der Waals surface area contributed by atoms with Gasteiger partial charge in [0.05, 0.1) is 0 Å². The van der Waals surface area contributed by atoms with Gasteiger partial charge >= 0.3 is 6.09 Å². The topological polar surface area (TPSA) is 79.2 Å². The largest absolute Gasteiger partial charge is 0.420 e. The third-order valence-electron chi connectivity index (χ3n) is 1.20. The second kappa shape index (κ2) is 5.76. The molecule has 0 rings (SSSR count). The van der Waals surface area contributed by atoms with Crippen LogP contribution in [-0.4, -0.2) is 48.1 Å². The average molecular weight is 179 g/mol. The molecule has 2 N–H and O–H groups in total. The van der Waals surface area contributed by atoms with Crippen molar-refractivity contribution in [3.05, 3.63) is 0 Å². The number of aliphatic hydroxyl groups is 2. The summed E-state index contributed by atoms with van der Waals surface area (Å²) in [6, 6.07) is 0. The van der Waals surface area contributed by atoms with Gasteiger partial charge in [0.2, 0.25) is 6.29 Å². The van der Waals surface area contributed by atoms with Crippen LogP contribution in [0.25, 0.3) is 0 Å². The molecular weight excluding hydrogens is 166 g/mol. The molecule has 0 fully saturated rings. The fraction of sp³-hybridized carbons (Fsp3) is 0.833. The summed E-state index contributed by atoms with van der Waals surface area (Å²) in [7, 11) is 1.38. The van der Waals surface area contributed by atoms with Gasteiger partial charge in [0.1, 0.15) is 13.5 Å². The highest BCUT2D eigenvalue weighted by molar-refractivity contribution is 5.67. The lowest BCUT2D eigenvalue weighted by Crippen LogP contribution is -2.35. The first-order chi connectivity index (χ1) is 5.65. The molecule has 0 radical (unpaired) electrons. The van der Waals surface area contributed by atoms with Crippen LogP contribution in [0.3, 0.4) is 0 Å². The van der Waals surface area contributed by atoms with Gasteiger partial charge in [-0.25, -0.2) is 4.79 Å². The first-order valence-corrected chi connectivity index (χ1v) is 3.35. The predicted octanol–water partition coefficient (Wildman–Crippen LogP) is -0.683. The number of amides is 1. The lowest BCUT2D eigenvalue weighted by Gasteiger charge is -2.18. The van der Waals surface area contributed by atoms with E-state index in [2.05, 4.69) is 9.47 Å². The number of hydrogen-bond acceptors (Lipinski definition) is 5. The molecule has 0 aromatic carbocycles. The van der Waals surface area contributed by atoms with Crippen LogP contribution >= 0.6 is 0 Å². The molecule has 1 amide bonds. The Bertz CT molecular complexity index is 136. The van der Waals surface area contributed by atoms with Crippen molar-refractivity contribution in [1.82, 2.24) is 4.90 Å². The molecule has 0 saturated heterocycles. The molecule has 0 saturated carbocycles. The van der Waals surface area contributed by atoms with Crippen LogP contribution < -0.4 is 0 Å². The molecule has 0 aliphatic heterocycles. The van der Waals surface area contributed by atoms with Crippen LogP contribution in [0.1, 0.15) is 6.92 Å². The van der Waals surface area contributed by atoms with Gasteiger partial charge in [-0.2, -0.15) is 0 Å². The summed E-state index contributed by atoms with van der Waals surface area (Å²) >= 11 is 0. The third kappa shape index (κ3) is 3.51. The van der Waals surface area contributed by atoms with Gasteiger partial charge in [0, 0.05) is 7.11 Å². The van der Waals surface area contributed by atoms with Crippen LogP contribution in [0, 0.1) is 0 Å². The second-order valence-corrected chi connectivity index (χ2v) is 2.01. The Kier molecular flexibility index (Phi) is 5.35. The summed E-state index contributed by atoms with van der Waals surface area (Å²) in [6.45, 7) is 0.336. The predicted molar refractivity (Wildman–Crippen MR) is 39.0 cm³/mol. The molecule has 6 heteroatoms. The lowest BCUT2D eigenvalue weighted by molar-refractivity contribution is -0.0894. The minimum atomic E-state index is -0.825. The molecule has 0 aliphatic rings. The number of hydrogen-bond donors (Lipinski definition) is 2. The number of carbonyl (C=O) groups is 1. The fourth-order valence-electron chi connectivity index (χ4n) is 0.425. The average Bonchev–Trinajstić information content (AvgIpc) is 2.06. The van der Waals surface area contributed by atoms with Crippen LogP contribution in [0.15, 0.2) is 0 Å². The first-order valence-electron chi connectivity index (χ1n) is 3.35. The number of nitrogens with zero attached hydrogens (tertiary/aromatic N) is 1. The zero-order valence-corrected chi connectivity index (χ0v) is 7.06. The maximum atomic E-state index is 10.9. The number of aliphatic hydroxyl groups excluding tert-OH is 2. The SMILES string of the molecule is COC(C)OC(=O)N(CO)CO. The smallest absolute Gasteiger partial charge is 0.415 e. The summed E-state index contributed by atoms with van der Waals surface area (Å²) in [6.07, 6.45) is -1.52. The molecule has 0 bridgehead atoms. The van der Waals surface area contributed by atoms with E-state index in [1.807, 2.05) is 0 Å². The Morgan fingerprint density at radius 2 is 2.00 bits per heavy atom. The Morgan fingerprint density at radius 1 is 1.50 bits per heavy atom. The highest BCUT2D eigenvalue weighted by Gasteiger charge is 2.15. The first kappa shape index (κ1) is 11.2. The standard InChI is InChI=1S/C6H13NO5/c1-5(11-2)12-6(10)7(3-8)4-9/h5,8-9H,3-4H2,1-2H3. The number of methoxy groups -OCH3 is 1. The van der Waals surface area contributed by atoms with Crippen molar-refractivity contribution < 1.29 is 24.5 Å². The van der Waals surface area contributed by atoms with Crippen molar-refractivity contribution in [3.8, 4) is 0 Å². The molecular formula is C6H13NO5. The summed E-state index contributed by atoms with van der Waals surface area (Å²) in [4.78, 5) is 11.6. The van der Waals surface area contributed by atoms with E-state index in [9.17, 15) is 4.79 Å². The molecule has 6 nitrogen and oxygen atoms in total. The quantitative estimate of drug-likeness (QED) is 0.559. The molecule has 1 unspecified atom stereocenters. The summed E-state index contributed by atoms with van der Waals surface area (Å²) in [5.74, 6) is 0. The van der Waals surface area contributed by atoms with Crippen molar-refractivity contribution in [2.45, 2.75) is 13.2 Å². The molecule has 0 aromatic rings. The van der Waals surface area contributed by atoms with Crippen LogP contribution in [0.4, 0.5) is 4.79 Å². The normalized spacial score (nSPS) is 12.3. The Labute approximate surface area is 70.3 Å². The van der Waals surface area contributed by atoms with E-state index in [0.717, 1.165) is 0 Å². The van der Waals surface area contributed by atoms with Gasteiger partial charge in [-0.15, -0.1) is 0 Å². The highest BCUT2D eigenvalue weighted by Crippen LogP contribution is 1.97. The van der Waals surface area contributed by atoms with E-state index < -0.39 is 25.8 Å². The van der Waals surface area contributed by atoms with Gasteiger partial charge in [0.25, 0.3) is 0 Å². The molecule has 12 heavy (non-hydrogen) atoms. The van der Waals surface area contributed by atoms with E-state index in [-0.39, 0.29) is 0 Å². The van der Waals surface area contributed by atoms with E-state index in [0.29, 0.717) is 4.90 Å². The summed E-state index contributed by atoms with van der Waals surface area (Å²) in [5.41, 5.74) is 0. The van der Waals surface area contributed by atoms with Crippen molar-refractivity contribution in [2.75, 3.05) is 20.6 Å². The zero-order valence-electron chi connectivity index (χ0n) is 7.06. The monoisotopic (exact) mass is 179 g/mol. The van der Waals surface area contributed by atoms with E-state index >= 15 is 0 Å². The molecule has 1 atom stereocenters. The Morgan fingerprint density at radius 3 is 2.33 bits per heavy atom. The van der Waals surface area contributed by atoms with Crippen molar-refractivity contribution >= 4 is 6.09 Å². The number of carbonyl (C=O) groups excluding carboxylic acids is 1. The minimum absolute atomic E-state index is 0.592. The van der Waals surface area contributed by atoms with Crippen LogP contribution in [-0.2, 0) is 9.47 Å². The van der Waals surface area contributed by atoms with E-state index in [1.165, 1.54) is 14.0 Å². The maximum absolute atomic E-state index is 10.9. The highest BCUT2D eigenvalue weighted by atomic mass is 16.7. The second-order valence-electron chi connectivity index (χ2n) is 2.01. The molecule has 0 aliphatic carbocycles. The molecule has 72 valence electrons. The molecule has 0 aromatic heterocycles. The van der Waals surface area contributed by atoms with Crippen molar-refractivity contribution in [2.24, 2.45) is 0 Å². The maximum Gasteiger partial charge on any atom is 0.415 e. The van der Waals surface area contributed by atoms with Gasteiger partial charge in [0.15, 0.2) is 0 Å². The van der Waals surface area contributed by atoms with E-state index in [4.69, 9.17) is 10.2 Å². The lowest BCUT2D eigenvalue weighted by atomic mass is 10.7. The van der Waals surface area contributed by atoms with Crippen LogP contribution in [0.5, 0.6) is 0 Å². The number of ether oxygens (including phenoxy) is 2. The zero-order chi connectivity index (χ0) is 9.56. The Balaban J connectivity index is 3.84. The van der Waals surface area contributed by atoms with Gasteiger partial charge in [-0.1, -0.05) is 0 Å². The third-order valence-corrected chi connectivity index (χ3v) is 1.20. The fourth-order valence-corrected chi connectivity index (χ4v) is 0.425. The number of rotatable bonds is 4. The van der Waals surface area contributed by atoms with Crippen molar-refractivity contribution in [1.29, 1.82) is 0 Å². The summed E-state index contributed by atoms with van der Waals surface area (Å²) < 4.78 is 9.22.